The van der Waals surface area contributed by atoms with E-state index in [0.717, 1.165) is 38.3 Å². The topological polar surface area (TPSA) is 85.8 Å². The summed E-state index contributed by atoms with van der Waals surface area (Å²) in [7, 11) is 0. The Kier molecular flexibility index (Phi) is 8.19. The van der Waals surface area contributed by atoms with E-state index in [4.69, 9.17) is 0 Å². The molecule has 0 aromatic heterocycles. The summed E-state index contributed by atoms with van der Waals surface area (Å²) >= 11 is 0. The molecular formula is C19H35N5O2. The van der Waals surface area contributed by atoms with Gasteiger partial charge in [-0.05, 0) is 26.2 Å². The van der Waals surface area contributed by atoms with Crippen LogP contribution in [0.5, 0.6) is 0 Å². The van der Waals surface area contributed by atoms with Crippen LogP contribution in [-0.2, 0) is 9.59 Å². The van der Waals surface area contributed by atoms with Crippen LogP contribution in [0.3, 0.4) is 0 Å². The molecule has 2 rings (SSSR count). The molecule has 2 amide bonds. The van der Waals surface area contributed by atoms with Gasteiger partial charge < -0.3 is 20.9 Å². The average molecular weight is 366 g/mol. The van der Waals surface area contributed by atoms with E-state index in [1.54, 1.807) is 0 Å². The molecular weight excluding hydrogens is 330 g/mol. The fourth-order valence-electron chi connectivity index (χ4n) is 3.60. The van der Waals surface area contributed by atoms with Gasteiger partial charge in [-0.2, -0.15) is 0 Å². The summed E-state index contributed by atoms with van der Waals surface area (Å²) in [4.78, 5) is 30.5. The highest BCUT2D eigenvalue weighted by molar-refractivity contribution is 5.82. The molecule has 0 spiro atoms. The number of likely N-dealkylation sites (tertiary alicyclic amines) is 1. The minimum absolute atomic E-state index is 0.0361. The van der Waals surface area contributed by atoms with Crippen molar-refractivity contribution in [1.29, 1.82) is 0 Å². The second kappa shape index (κ2) is 10.4. The Labute approximate surface area is 157 Å². The molecule has 1 saturated carbocycles. The highest BCUT2D eigenvalue weighted by atomic mass is 16.2. The normalized spacial score (nSPS) is 21.3. The summed E-state index contributed by atoms with van der Waals surface area (Å²) in [5.74, 6) is 1.06. The van der Waals surface area contributed by atoms with Crippen molar-refractivity contribution in [1.82, 2.24) is 20.9 Å². The fraction of sp³-hybridized carbons (Fsp3) is 0.842. The highest BCUT2D eigenvalue weighted by Gasteiger charge is 2.28. The number of nitrogens with zero attached hydrogens (tertiary/aromatic N) is 2. The van der Waals surface area contributed by atoms with Crippen LogP contribution in [0.2, 0.25) is 0 Å². The van der Waals surface area contributed by atoms with Crippen LogP contribution >= 0.6 is 0 Å². The first kappa shape index (κ1) is 20.5. The number of carbonyl (C=O) groups excluding carboxylic acids is 2. The van der Waals surface area contributed by atoms with Gasteiger partial charge in [-0.1, -0.05) is 26.7 Å². The number of guanidine groups is 1. The second-order valence-electron chi connectivity index (χ2n) is 7.63. The molecule has 1 aliphatic carbocycles. The molecule has 1 saturated heterocycles. The summed E-state index contributed by atoms with van der Waals surface area (Å²) in [6.07, 6.45) is 5.98. The Balaban J connectivity index is 1.75. The van der Waals surface area contributed by atoms with Gasteiger partial charge in [-0.3, -0.25) is 14.6 Å². The van der Waals surface area contributed by atoms with Crippen LogP contribution in [0, 0.1) is 5.92 Å². The smallest absolute Gasteiger partial charge is 0.225 e. The van der Waals surface area contributed by atoms with Gasteiger partial charge in [-0.25, -0.2) is 0 Å². The van der Waals surface area contributed by atoms with Crippen molar-refractivity contribution in [3.8, 4) is 0 Å². The molecule has 2 aliphatic rings. The summed E-state index contributed by atoms with van der Waals surface area (Å²) in [5, 5.41) is 9.72. The van der Waals surface area contributed by atoms with E-state index in [0.29, 0.717) is 25.6 Å². The summed E-state index contributed by atoms with van der Waals surface area (Å²) in [6.45, 7) is 8.63. The van der Waals surface area contributed by atoms with Gasteiger partial charge in [-0.15, -0.1) is 0 Å². The number of hydrogen-bond donors (Lipinski definition) is 3. The van der Waals surface area contributed by atoms with E-state index in [1.165, 1.54) is 12.8 Å². The van der Waals surface area contributed by atoms with E-state index in [9.17, 15) is 9.59 Å². The van der Waals surface area contributed by atoms with Crippen molar-refractivity contribution >= 4 is 17.8 Å². The number of carbonyl (C=O) groups is 2. The van der Waals surface area contributed by atoms with Gasteiger partial charge in [0, 0.05) is 44.1 Å². The van der Waals surface area contributed by atoms with Crippen molar-refractivity contribution in [2.24, 2.45) is 10.9 Å². The van der Waals surface area contributed by atoms with Crippen LogP contribution in [0.25, 0.3) is 0 Å². The fourth-order valence-corrected chi connectivity index (χ4v) is 3.60. The van der Waals surface area contributed by atoms with E-state index in [-0.39, 0.29) is 23.8 Å². The Bertz CT molecular complexity index is 500. The molecule has 0 bridgehead atoms. The molecule has 148 valence electrons. The van der Waals surface area contributed by atoms with Crippen molar-refractivity contribution in [3.63, 3.8) is 0 Å². The van der Waals surface area contributed by atoms with Crippen molar-refractivity contribution in [2.75, 3.05) is 26.2 Å². The zero-order valence-electron chi connectivity index (χ0n) is 16.5. The monoisotopic (exact) mass is 365 g/mol. The maximum atomic E-state index is 12.1. The first-order chi connectivity index (χ1) is 12.5. The third kappa shape index (κ3) is 6.50. The zero-order valence-corrected chi connectivity index (χ0v) is 16.5. The molecule has 2 fully saturated rings. The van der Waals surface area contributed by atoms with Crippen molar-refractivity contribution in [2.45, 2.75) is 71.4 Å². The molecule has 0 radical (unpaired) electrons. The third-order valence-electron chi connectivity index (χ3n) is 5.01. The number of rotatable bonds is 7. The average Bonchev–Trinajstić information content (AvgIpc) is 3.26. The minimum Gasteiger partial charge on any atom is -0.357 e. The van der Waals surface area contributed by atoms with Crippen molar-refractivity contribution < 1.29 is 9.59 Å². The molecule has 0 aromatic carbocycles. The Morgan fingerprint density at radius 1 is 1.12 bits per heavy atom. The molecule has 3 N–H and O–H groups in total. The lowest BCUT2D eigenvalue weighted by Crippen LogP contribution is -2.45. The summed E-state index contributed by atoms with van der Waals surface area (Å²) in [6, 6.07) is 0.573. The van der Waals surface area contributed by atoms with Gasteiger partial charge >= 0.3 is 0 Å². The van der Waals surface area contributed by atoms with Gasteiger partial charge in [0.2, 0.25) is 11.8 Å². The quantitative estimate of drug-likeness (QED) is 0.468. The third-order valence-corrected chi connectivity index (χ3v) is 5.01. The molecule has 26 heavy (non-hydrogen) atoms. The summed E-state index contributed by atoms with van der Waals surface area (Å²) < 4.78 is 0. The number of aliphatic imine (C=N–C) groups is 1. The maximum Gasteiger partial charge on any atom is 0.225 e. The largest absolute Gasteiger partial charge is 0.357 e. The van der Waals surface area contributed by atoms with E-state index < -0.39 is 0 Å². The standard InChI is InChI=1S/C19H35N5O2/c1-4-20-19(21-11-9-17(25)22-15-7-5-6-8-15)23-16-10-12-24(13-16)18(26)14(2)3/h14-16H,4-13H2,1-3H3,(H,22,25)(H2,20,21,23). The first-order valence-electron chi connectivity index (χ1n) is 10.1. The molecule has 7 nitrogen and oxygen atoms in total. The SMILES string of the molecule is CCNC(=NCCC(=O)NC1CCCC1)NC1CCN(C(=O)C(C)C)C1. The van der Waals surface area contributed by atoms with Crippen molar-refractivity contribution in [3.05, 3.63) is 0 Å². The van der Waals surface area contributed by atoms with Gasteiger partial charge in [0.15, 0.2) is 5.96 Å². The van der Waals surface area contributed by atoms with Gasteiger partial charge in [0.05, 0.1) is 6.54 Å². The Hall–Kier alpha value is -1.79. The van der Waals surface area contributed by atoms with E-state index >= 15 is 0 Å². The first-order valence-corrected chi connectivity index (χ1v) is 10.1. The Morgan fingerprint density at radius 2 is 1.85 bits per heavy atom. The van der Waals surface area contributed by atoms with E-state index in [1.807, 2.05) is 25.7 Å². The van der Waals surface area contributed by atoms with Crippen LogP contribution < -0.4 is 16.0 Å². The van der Waals surface area contributed by atoms with E-state index in [2.05, 4.69) is 20.9 Å². The van der Waals surface area contributed by atoms with Gasteiger partial charge in [0.1, 0.15) is 0 Å². The lowest BCUT2D eigenvalue weighted by molar-refractivity contribution is -0.133. The predicted molar refractivity (Wildman–Crippen MR) is 104 cm³/mol. The van der Waals surface area contributed by atoms with Gasteiger partial charge in [0.25, 0.3) is 0 Å². The number of nitrogens with one attached hydrogen (secondary N) is 3. The lowest BCUT2D eigenvalue weighted by Gasteiger charge is -2.20. The molecule has 1 aliphatic heterocycles. The molecule has 1 atom stereocenters. The number of amides is 2. The molecule has 7 heteroatoms. The predicted octanol–water partition coefficient (Wildman–Crippen LogP) is 1.25. The van der Waals surface area contributed by atoms with Crippen LogP contribution in [0.15, 0.2) is 4.99 Å². The lowest BCUT2D eigenvalue weighted by atomic mass is 10.2. The maximum absolute atomic E-state index is 12.1. The molecule has 1 unspecified atom stereocenters. The molecule has 1 heterocycles. The number of hydrogen-bond acceptors (Lipinski definition) is 3. The second-order valence-corrected chi connectivity index (χ2v) is 7.63. The summed E-state index contributed by atoms with van der Waals surface area (Å²) in [5.41, 5.74) is 0. The van der Waals surface area contributed by atoms with Crippen LogP contribution in [-0.4, -0.2) is 60.9 Å². The highest BCUT2D eigenvalue weighted by Crippen LogP contribution is 2.17. The van der Waals surface area contributed by atoms with Crippen LogP contribution in [0.1, 0.15) is 59.3 Å². The van der Waals surface area contributed by atoms with Crippen LogP contribution in [0.4, 0.5) is 0 Å². The molecule has 0 aromatic rings. The minimum atomic E-state index is 0.0361. The Morgan fingerprint density at radius 3 is 2.50 bits per heavy atom. The zero-order chi connectivity index (χ0) is 18.9.